The standard InChI is InChI=1S/C17H26O2Si3/c1-20(16-12-8-6-9-13-16)18-22(5,19-21(2,3)4)17-14-10-7-11-15-17/h6-15,20H,1-5H3. The summed E-state index contributed by atoms with van der Waals surface area (Å²) < 4.78 is 13.3. The third-order valence-electron chi connectivity index (χ3n) is 3.47. The summed E-state index contributed by atoms with van der Waals surface area (Å²) in [6, 6.07) is 21.1. The van der Waals surface area contributed by atoms with E-state index in [0.29, 0.717) is 0 Å². The molecule has 0 N–H and O–H groups in total. The van der Waals surface area contributed by atoms with E-state index in [1.165, 1.54) is 10.4 Å². The first kappa shape index (κ1) is 17.4. The SMILES string of the molecule is C[SiH](O[Si](C)(O[Si](C)(C)C)c1ccccc1)c1ccccc1. The lowest BCUT2D eigenvalue weighted by molar-refractivity contribution is 0.416. The summed E-state index contributed by atoms with van der Waals surface area (Å²) in [5, 5.41) is 2.56. The van der Waals surface area contributed by atoms with E-state index in [1.54, 1.807) is 0 Å². The Hall–Kier alpha value is -0.989. The van der Waals surface area contributed by atoms with Crippen LogP contribution in [0.15, 0.2) is 60.7 Å². The molecule has 0 aliphatic carbocycles. The highest BCUT2D eigenvalue weighted by Gasteiger charge is 2.40. The minimum atomic E-state index is -2.38. The Morgan fingerprint density at radius 3 is 1.77 bits per heavy atom. The molecule has 2 aromatic rings. The van der Waals surface area contributed by atoms with Gasteiger partial charge < -0.3 is 8.23 Å². The van der Waals surface area contributed by atoms with Crippen LogP contribution in [0.3, 0.4) is 0 Å². The highest BCUT2D eigenvalue weighted by atomic mass is 28.5. The summed E-state index contributed by atoms with van der Waals surface area (Å²) in [4.78, 5) is 0. The van der Waals surface area contributed by atoms with Crippen molar-refractivity contribution in [3.05, 3.63) is 60.7 Å². The van der Waals surface area contributed by atoms with Crippen LogP contribution in [0.2, 0.25) is 32.7 Å². The average molecular weight is 347 g/mol. The zero-order valence-corrected chi connectivity index (χ0v) is 17.3. The van der Waals surface area contributed by atoms with Crippen LogP contribution in [0, 0.1) is 0 Å². The summed E-state index contributed by atoms with van der Waals surface area (Å²) in [5.74, 6) is 0. The molecular formula is C17H26O2Si3. The maximum atomic E-state index is 6.68. The predicted octanol–water partition coefficient (Wildman–Crippen LogP) is 3.09. The van der Waals surface area contributed by atoms with Crippen LogP contribution in [0.4, 0.5) is 0 Å². The lowest BCUT2D eigenvalue weighted by atomic mass is 10.4. The van der Waals surface area contributed by atoms with Gasteiger partial charge in [0, 0.05) is 0 Å². The van der Waals surface area contributed by atoms with Crippen LogP contribution in [-0.2, 0) is 8.23 Å². The van der Waals surface area contributed by atoms with E-state index < -0.39 is 25.9 Å². The normalized spacial score (nSPS) is 16.0. The first-order valence-electron chi connectivity index (χ1n) is 7.79. The molecule has 5 heteroatoms. The lowest BCUT2D eigenvalue weighted by Crippen LogP contribution is -2.59. The Kier molecular flexibility index (Phi) is 5.57. The quantitative estimate of drug-likeness (QED) is 0.748. The molecule has 2 aromatic carbocycles. The fraction of sp³-hybridized carbons (Fsp3) is 0.294. The molecule has 0 amide bonds. The van der Waals surface area contributed by atoms with Gasteiger partial charge in [0.25, 0.3) is 0 Å². The van der Waals surface area contributed by atoms with Gasteiger partial charge in [-0.05, 0) is 43.1 Å². The monoisotopic (exact) mass is 346 g/mol. The molecule has 2 atom stereocenters. The molecule has 0 saturated carbocycles. The van der Waals surface area contributed by atoms with Crippen LogP contribution >= 0.6 is 0 Å². The van der Waals surface area contributed by atoms with Crippen molar-refractivity contribution < 1.29 is 8.23 Å². The Bertz CT molecular complexity index is 584. The van der Waals surface area contributed by atoms with Crippen molar-refractivity contribution >= 4 is 36.3 Å². The van der Waals surface area contributed by atoms with E-state index in [1.807, 2.05) is 6.07 Å². The molecule has 2 rings (SSSR count). The van der Waals surface area contributed by atoms with Crippen molar-refractivity contribution in [2.75, 3.05) is 0 Å². The smallest absolute Gasteiger partial charge is 0.348 e. The first-order chi connectivity index (χ1) is 10.3. The van der Waals surface area contributed by atoms with Crippen molar-refractivity contribution in [2.24, 2.45) is 0 Å². The van der Waals surface area contributed by atoms with Gasteiger partial charge in [-0.25, -0.2) is 0 Å². The van der Waals surface area contributed by atoms with Crippen LogP contribution in [0.5, 0.6) is 0 Å². The molecule has 118 valence electrons. The number of benzene rings is 2. The molecule has 0 spiro atoms. The fourth-order valence-electron chi connectivity index (χ4n) is 2.61. The van der Waals surface area contributed by atoms with Crippen LogP contribution in [0.25, 0.3) is 0 Å². The summed E-state index contributed by atoms with van der Waals surface area (Å²) in [6.45, 7) is 11.2. The molecule has 0 aliphatic rings. The molecule has 22 heavy (non-hydrogen) atoms. The summed E-state index contributed by atoms with van der Waals surface area (Å²) in [5.41, 5.74) is 0. The van der Waals surface area contributed by atoms with Crippen LogP contribution in [0.1, 0.15) is 0 Å². The van der Waals surface area contributed by atoms with Gasteiger partial charge >= 0.3 is 8.56 Å². The van der Waals surface area contributed by atoms with E-state index in [2.05, 4.69) is 87.3 Å². The molecule has 0 fully saturated rings. The predicted molar refractivity (Wildman–Crippen MR) is 102 cm³/mol. The molecule has 0 aromatic heterocycles. The van der Waals surface area contributed by atoms with Crippen molar-refractivity contribution in [3.8, 4) is 0 Å². The van der Waals surface area contributed by atoms with Crippen LogP contribution in [-0.4, -0.2) is 25.9 Å². The van der Waals surface area contributed by atoms with Crippen LogP contribution < -0.4 is 10.4 Å². The maximum absolute atomic E-state index is 6.68. The maximum Gasteiger partial charge on any atom is 0.348 e. The Balaban J connectivity index is 2.29. The zero-order chi connectivity index (χ0) is 16.2. The largest absolute Gasteiger partial charge is 0.433 e. The lowest BCUT2D eigenvalue weighted by Gasteiger charge is -2.36. The molecule has 0 saturated heterocycles. The second-order valence-electron chi connectivity index (χ2n) is 6.70. The second-order valence-corrected chi connectivity index (χ2v) is 17.1. The molecular weight excluding hydrogens is 320 g/mol. The summed E-state index contributed by atoms with van der Waals surface area (Å²) in [7, 11) is -5.55. The first-order valence-corrected chi connectivity index (χ1v) is 15.7. The summed E-state index contributed by atoms with van der Waals surface area (Å²) in [6.07, 6.45) is 0. The van der Waals surface area contributed by atoms with Gasteiger partial charge in [-0.3, -0.25) is 0 Å². The van der Waals surface area contributed by atoms with Gasteiger partial charge in [0.1, 0.15) is 0 Å². The van der Waals surface area contributed by atoms with Gasteiger partial charge in [-0.1, -0.05) is 60.7 Å². The highest BCUT2D eigenvalue weighted by Crippen LogP contribution is 2.17. The number of hydrogen-bond acceptors (Lipinski definition) is 2. The van der Waals surface area contributed by atoms with E-state index >= 15 is 0 Å². The van der Waals surface area contributed by atoms with Gasteiger partial charge in [0.2, 0.25) is 0 Å². The third-order valence-corrected chi connectivity index (χ3v) is 13.4. The number of rotatable bonds is 6. The Morgan fingerprint density at radius 2 is 1.27 bits per heavy atom. The average Bonchev–Trinajstić information content (AvgIpc) is 2.47. The minimum absolute atomic E-state index is 1.23. The second kappa shape index (κ2) is 7.06. The van der Waals surface area contributed by atoms with E-state index in [-0.39, 0.29) is 0 Å². The minimum Gasteiger partial charge on any atom is -0.433 e. The molecule has 0 radical (unpaired) electrons. The van der Waals surface area contributed by atoms with Crippen molar-refractivity contribution in [3.63, 3.8) is 0 Å². The summed E-state index contributed by atoms with van der Waals surface area (Å²) >= 11 is 0. The Morgan fingerprint density at radius 1 is 0.773 bits per heavy atom. The van der Waals surface area contributed by atoms with Gasteiger partial charge in [-0.2, -0.15) is 0 Å². The molecule has 0 aliphatic heterocycles. The topological polar surface area (TPSA) is 18.5 Å². The van der Waals surface area contributed by atoms with Gasteiger partial charge in [0.05, 0.1) is 0 Å². The van der Waals surface area contributed by atoms with E-state index in [0.717, 1.165) is 0 Å². The van der Waals surface area contributed by atoms with Crippen molar-refractivity contribution in [1.29, 1.82) is 0 Å². The van der Waals surface area contributed by atoms with Gasteiger partial charge in [0.15, 0.2) is 17.4 Å². The van der Waals surface area contributed by atoms with Crippen molar-refractivity contribution in [1.82, 2.24) is 0 Å². The van der Waals surface area contributed by atoms with E-state index in [9.17, 15) is 0 Å². The molecule has 0 bridgehead atoms. The zero-order valence-electron chi connectivity index (χ0n) is 14.2. The van der Waals surface area contributed by atoms with Crippen molar-refractivity contribution in [2.45, 2.75) is 32.7 Å². The van der Waals surface area contributed by atoms with Gasteiger partial charge in [-0.15, -0.1) is 0 Å². The molecule has 2 unspecified atom stereocenters. The Labute approximate surface area is 138 Å². The van der Waals surface area contributed by atoms with E-state index in [4.69, 9.17) is 8.23 Å². The highest BCUT2D eigenvalue weighted by molar-refractivity contribution is 6.93. The molecule has 0 heterocycles. The third kappa shape index (κ3) is 4.76. The fourth-order valence-corrected chi connectivity index (χ4v) is 13.7. The molecule has 2 nitrogen and oxygen atoms in total. The number of hydrogen-bond donors (Lipinski definition) is 0.